The van der Waals surface area contributed by atoms with Crippen molar-refractivity contribution in [1.29, 1.82) is 0 Å². The third-order valence-corrected chi connectivity index (χ3v) is 3.84. The minimum Gasteiger partial charge on any atom is -0.435 e. The van der Waals surface area contributed by atoms with Gasteiger partial charge in [0.15, 0.2) is 0 Å². The SMILES string of the molecule is NC(=S)C1CCCC1NC(=O)c1ccc(OC(F)F)cc1. The topological polar surface area (TPSA) is 64.3 Å². The van der Waals surface area contributed by atoms with Crippen LogP contribution in [0.25, 0.3) is 0 Å². The second-order valence-corrected chi connectivity index (χ2v) is 5.39. The van der Waals surface area contributed by atoms with Crippen molar-refractivity contribution in [2.24, 2.45) is 11.7 Å². The summed E-state index contributed by atoms with van der Waals surface area (Å²) in [6, 6.07) is 5.49. The Morgan fingerprint density at radius 1 is 1.33 bits per heavy atom. The van der Waals surface area contributed by atoms with E-state index >= 15 is 0 Å². The summed E-state index contributed by atoms with van der Waals surface area (Å²) in [5.74, 6) is -0.236. The number of thiocarbonyl (C=S) groups is 1. The Bertz CT molecular complexity index is 522. The predicted octanol–water partition coefficient (Wildman–Crippen LogP) is 2.47. The van der Waals surface area contributed by atoms with Crippen LogP contribution < -0.4 is 15.8 Å². The highest BCUT2D eigenvalue weighted by Gasteiger charge is 2.30. The van der Waals surface area contributed by atoms with E-state index in [1.807, 2.05) is 0 Å². The van der Waals surface area contributed by atoms with Gasteiger partial charge in [-0.05, 0) is 37.1 Å². The second kappa shape index (κ2) is 6.80. The van der Waals surface area contributed by atoms with Crippen molar-refractivity contribution in [3.05, 3.63) is 29.8 Å². The molecule has 2 atom stereocenters. The van der Waals surface area contributed by atoms with Crippen LogP contribution in [0.5, 0.6) is 5.75 Å². The lowest BCUT2D eigenvalue weighted by Crippen LogP contribution is -2.41. The highest BCUT2D eigenvalue weighted by atomic mass is 32.1. The number of carbonyl (C=O) groups is 1. The van der Waals surface area contributed by atoms with Gasteiger partial charge >= 0.3 is 6.61 Å². The Labute approximate surface area is 126 Å². The molecule has 3 N–H and O–H groups in total. The fourth-order valence-electron chi connectivity index (χ4n) is 2.51. The van der Waals surface area contributed by atoms with Crippen LogP contribution in [0.15, 0.2) is 24.3 Å². The number of ether oxygens (including phenoxy) is 1. The first-order valence-corrected chi connectivity index (χ1v) is 7.03. The van der Waals surface area contributed by atoms with E-state index in [4.69, 9.17) is 18.0 Å². The highest BCUT2D eigenvalue weighted by Crippen LogP contribution is 2.26. The quantitative estimate of drug-likeness (QED) is 0.820. The van der Waals surface area contributed by atoms with Gasteiger partial charge in [0.25, 0.3) is 5.91 Å². The molecule has 7 heteroatoms. The lowest BCUT2D eigenvalue weighted by Gasteiger charge is -2.20. The number of alkyl halides is 2. The van der Waals surface area contributed by atoms with Crippen molar-refractivity contribution in [2.75, 3.05) is 0 Å². The first-order valence-electron chi connectivity index (χ1n) is 6.62. The number of carbonyl (C=O) groups excluding carboxylic acids is 1. The van der Waals surface area contributed by atoms with Crippen LogP contribution >= 0.6 is 12.2 Å². The van der Waals surface area contributed by atoms with Crippen molar-refractivity contribution in [1.82, 2.24) is 5.32 Å². The molecular weight excluding hydrogens is 298 g/mol. The third kappa shape index (κ3) is 4.10. The molecule has 1 aromatic carbocycles. The molecule has 0 saturated heterocycles. The van der Waals surface area contributed by atoms with Crippen LogP contribution in [0.4, 0.5) is 8.78 Å². The Kier molecular flexibility index (Phi) is 5.06. The van der Waals surface area contributed by atoms with Crippen LogP contribution in [0.2, 0.25) is 0 Å². The smallest absolute Gasteiger partial charge is 0.387 e. The molecule has 0 aromatic heterocycles. The molecule has 0 bridgehead atoms. The maximum Gasteiger partial charge on any atom is 0.387 e. The summed E-state index contributed by atoms with van der Waals surface area (Å²) in [5, 5.41) is 2.89. The number of hydrogen-bond acceptors (Lipinski definition) is 3. The Morgan fingerprint density at radius 3 is 2.57 bits per heavy atom. The molecule has 2 unspecified atom stereocenters. The van der Waals surface area contributed by atoms with E-state index in [-0.39, 0.29) is 23.6 Å². The van der Waals surface area contributed by atoms with Crippen molar-refractivity contribution in [3.63, 3.8) is 0 Å². The van der Waals surface area contributed by atoms with Gasteiger partial charge in [0, 0.05) is 17.5 Å². The van der Waals surface area contributed by atoms with E-state index in [0.29, 0.717) is 10.6 Å². The van der Waals surface area contributed by atoms with Crippen molar-refractivity contribution in [3.8, 4) is 5.75 Å². The van der Waals surface area contributed by atoms with Gasteiger partial charge < -0.3 is 15.8 Å². The molecule has 1 amide bonds. The number of benzene rings is 1. The molecule has 21 heavy (non-hydrogen) atoms. The van der Waals surface area contributed by atoms with E-state index in [2.05, 4.69) is 10.1 Å². The average molecular weight is 314 g/mol. The van der Waals surface area contributed by atoms with E-state index in [9.17, 15) is 13.6 Å². The molecule has 1 aliphatic rings. The van der Waals surface area contributed by atoms with Gasteiger partial charge in [0.1, 0.15) is 5.75 Å². The van der Waals surface area contributed by atoms with Gasteiger partial charge in [-0.3, -0.25) is 4.79 Å². The Morgan fingerprint density at radius 2 is 2.00 bits per heavy atom. The fourth-order valence-corrected chi connectivity index (χ4v) is 2.79. The van der Waals surface area contributed by atoms with Crippen molar-refractivity contribution >= 4 is 23.1 Å². The monoisotopic (exact) mass is 314 g/mol. The summed E-state index contributed by atoms with van der Waals surface area (Å²) < 4.78 is 28.3. The van der Waals surface area contributed by atoms with Gasteiger partial charge in [0.05, 0.1) is 4.99 Å². The second-order valence-electron chi connectivity index (χ2n) is 4.92. The minimum absolute atomic E-state index is 0.0171. The van der Waals surface area contributed by atoms with Crippen LogP contribution in [-0.4, -0.2) is 23.5 Å². The summed E-state index contributed by atoms with van der Waals surface area (Å²) in [7, 11) is 0. The van der Waals surface area contributed by atoms with Gasteiger partial charge in [-0.1, -0.05) is 18.6 Å². The highest BCUT2D eigenvalue weighted by molar-refractivity contribution is 7.80. The van der Waals surface area contributed by atoms with Crippen molar-refractivity contribution in [2.45, 2.75) is 31.9 Å². The predicted molar refractivity (Wildman–Crippen MR) is 78.5 cm³/mol. The zero-order valence-corrected chi connectivity index (χ0v) is 12.0. The van der Waals surface area contributed by atoms with Gasteiger partial charge in [-0.15, -0.1) is 0 Å². The molecule has 114 valence electrons. The molecule has 0 radical (unpaired) electrons. The fraction of sp³-hybridized carbons (Fsp3) is 0.429. The molecule has 0 spiro atoms. The summed E-state index contributed by atoms with van der Waals surface area (Å²) in [6.45, 7) is -2.88. The third-order valence-electron chi connectivity index (χ3n) is 3.54. The average Bonchev–Trinajstić information content (AvgIpc) is 2.87. The summed E-state index contributed by atoms with van der Waals surface area (Å²) in [4.78, 5) is 12.5. The van der Waals surface area contributed by atoms with E-state index in [1.165, 1.54) is 24.3 Å². The van der Waals surface area contributed by atoms with Gasteiger partial charge in [-0.2, -0.15) is 8.78 Å². The number of halogens is 2. The molecule has 0 aliphatic heterocycles. The Balaban J connectivity index is 1.98. The zero-order valence-electron chi connectivity index (χ0n) is 11.2. The van der Waals surface area contributed by atoms with Crippen LogP contribution in [0, 0.1) is 5.92 Å². The van der Waals surface area contributed by atoms with E-state index < -0.39 is 6.61 Å². The molecule has 1 aromatic rings. The molecule has 2 rings (SSSR count). The van der Waals surface area contributed by atoms with E-state index in [1.54, 1.807) is 0 Å². The molecule has 1 aliphatic carbocycles. The summed E-state index contributed by atoms with van der Waals surface area (Å²) in [5.41, 5.74) is 6.04. The zero-order chi connectivity index (χ0) is 15.4. The van der Waals surface area contributed by atoms with Crippen LogP contribution in [-0.2, 0) is 0 Å². The molecule has 4 nitrogen and oxygen atoms in total. The normalized spacial score (nSPS) is 21.3. The standard InChI is InChI=1S/C14H16F2N2O2S/c15-14(16)20-9-6-4-8(5-7-9)13(19)18-11-3-1-2-10(11)12(17)21/h4-7,10-11,14H,1-3H2,(H2,17,21)(H,18,19). The largest absolute Gasteiger partial charge is 0.435 e. The first-order chi connectivity index (χ1) is 9.97. The number of nitrogens with one attached hydrogen (secondary N) is 1. The van der Waals surface area contributed by atoms with Gasteiger partial charge in [0.2, 0.25) is 0 Å². The van der Waals surface area contributed by atoms with Gasteiger partial charge in [-0.25, -0.2) is 0 Å². The van der Waals surface area contributed by atoms with Crippen LogP contribution in [0.1, 0.15) is 29.6 Å². The number of rotatable bonds is 5. The maximum atomic E-state index is 12.1. The lowest BCUT2D eigenvalue weighted by molar-refractivity contribution is -0.0498. The minimum atomic E-state index is -2.88. The lowest BCUT2D eigenvalue weighted by atomic mass is 10.0. The first kappa shape index (κ1) is 15.6. The summed E-state index contributed by atoms with van der Waals surface area (Å²) >= 11 is 5.00. The molecule has 1 saturated carbocycles. The molecule has 1 fully saturated rings. The van der Waals surface area contributed by atoms with Crippen LogP contribution in [0.3, 0.4) is 0 Å². The molecular formula is C14H16F2N2O2S. The number of amides is 1. The number of nitrogens with two attached hydrogens (primary N) is 1. The molecule has 0 heterocycles. The summed E-state index contributed by atoms with van der Waals surface area (Å²) in [6.07, 6.45) is 2.68. The Hall–Kier alpha value is -1.76. The van der Waals surface area contributed by atoms with E-state index in [0.717, 1.165) is 19.3 Å². The maximum absolute atomic E-state index is 12.1. The number of hydrogen-bond donors (Lipinski definition) is 2. The van der Waals surface area contributed by atoms with Crippen molar-refractivity contribution < 1.29 is 18.3 Å².